The van der Waals surface area contributed by atoms with Gasteiger partial charge in [-0.2, -0.15) is 0 Å². The molecule has 5 aromatic rings. The topological polar surface area (TPSA) is 80.9 Å². The van der Waals surface area contributed by atoms with Crippen molar-refractivity contribution in [2.45, 2.75) is 170 Å². The lowest BCUT2D eigenvalue weighted by Gasteiger charge is -2.63. The third-order valence-corrected chi connectivity index (χ3v) is 22.2. The Bertz CT molecular complexity index is 2720. The number of para-hydroxylation sites is 1. The minimum atomic E-state index is -0.00421. The minimum Gasteiger partial charge on any atom is -0.507 e. The standard InChI is InChI=1S/C65H72O4/c1-37-5-7-54(8-6-37)64-32-44-15-45(33-64)35-65(34-44,36-64)57-24-52-18-50-22-55(62-26-38-9-39(27-62)11-40(10-38)28-62)20-48(59(50)67)16-46-3-2-4-47(58(46)66)17-49-21-56(23-51(60(49)68)19-53(25-57)61(52)69)63-29-41-12-42(30-63)14-43(13-41)31-63/h2-8,20-25,38-45,66-69H,9-19,26-36H2,1H3/t38?,39?,40?,41?,42?,43?,44-,45+,62?,63?,64?,65?. The van der Waals surface area contributed by atoms with Gasteiger partial charge in [-0.1, -0.05) is 84.4 Å². The molecule has 69 heavy (non-hydrogen) atoms. The summed E-state index contributed by atoms with van der Waals surface area (Å²) < 4.78 is 0. The minimum absolute atomic E-state index is 0.00421. The molecule has 4 N–H and O–H groups in total. The fourth-order valence-corrected chi connectivity index (χ4v) is 20.5. The predicted octanol–water partition coefficient (Wildman–Crippen LogP) is 14.2. The van der Waals surface area contributed by atoms with Crippen LogP contribution < -0.4 is 0 Å². The van der Waals surface area contributed by atoms with E-state index < -0.39 is 0 Å². The molecule has 4 atom stereocenters. The Hall–Kier alpha value is -4.70. The van der Waals surface area contributed by atoms with Gasteiger partial charge in [0.25, 0.3) is 0 Å². The van der Waals surface area contributed by atoms with Gasteiger partial charge in [-0.3, -0.25) is 0 Å². The first-order chi connectivity index (χ1) is 33.4. The number of hydrogen-bond acceptors (Lipinski definition) is 4. The normalized spacial score (nSPS) is 37.4. The van der Waals surface area contributed by atoms with Gasteiger partial charge in [0.1, 0.15) is 23.0 Å². The first-order valence-corrected chi connectivity index (χ1v) is 27.8. The summed E-state index contributed by atoms with van der Waals surface area (Å²) in [5, 5.41) is 50.7. The molecule has 0 radical (unpaired) electrons. The van der Waals surface area contributed by atoms with Gasteiger partial charge >= 0.3 is 0 Å². The van der Waals surface area contributed by atoms with Crippen molar-refractivity contribution in [3.05, 3.63) is 151 Å². The molecule has 4 heteroatoms. The van der Waals surface area contributed by atoms with Crippen LogP contribution in [0.3, 0.4) is 0 Å². The average molecular weight is 917 g/mol. The second-order valence-electron chi connectivity index (χ2n) is 26.8. The maximum absolute atomic E-state index is 13.0. The monoisotopic (exact) mass is 917 g/mol. The van der Waals surface area contributed by atoms with Gasteiger partial charge in [-0.05, 0) is 258 Å². The lowest BCUT2D eigenvalue weighted by atomic mass is 9.41. The summed E-state index contributed by atoms with van der Waals surface area (Å²) in [5.74, 6) is 7.29. The van der Waals surface area contributed by atoms with Crippen LogP contribution in [-0.2, 0) is 47.3 Å². The predicted molar refractivity (Wildman–Crippen MR) is 273 cm³/mol. The van der Waals surface area contributed by atoms with Gasteiger partial charge in [0.2, 0.25) is 0 Å². The lowest BCUT2D eigenvalue weighted by molar-refractivity contribution is -0.0282. The number of phenolic OH excluding ortho intramolecular Hbond substituents is 4. The largest absolute Gasteiger partial charge is 0.507 e. The fourth-order valence-electron chi connectivity index (χ4n) is 20.5. The van der Waals surface area contributed by atoms with E-state index in [1.54, 1.807) is 0 Å². The molecule has 13 aliphatic carbocycles. The molecule has 12 fully saturated rings. The molecule has 0 spiro atoms. The first kappa shape index (κ1) is 42.0. The number of fused-ring (bicyclic) bond motifs is 8. The summed E-state index contributed by atoms with van der Waals surface area (Å²) in [6.07, 6.45) is 24.7. The van der Waals surface area contributed by atoms with Crippen LogP contribution in [0.1, 0.15) is 188 Å². The molecular formula is C65H72O4. The van der Waals surface area contributed by atoms with Crippen LogP contribution in [-0.4, -0.2) is 20.4 Å². The summed E-state index contributed by atoms with van der Waals surface area (Å²) in [6, 6.07) is 29.8. The van der Waals surface area contributed by atoms with Crippen LogP contribution in [0.15, 0.2) is 78.9 Å². The average Bonchev–Trinajstić information content (AvgIpc) is 3.30. The van der Waals surface area contributed by atoms with Crippen LogP contribution in [0.25, 0.3) is 0 Å². The van der Waals surface area contributed by atoms with Crippen molar-refractivity contribution in [3.63, 3.8) is 0 Å². The molecule has 5 aromatic carbocycles. The quantitative estimate of drug-likeness (QED) is 0.142. The van der Waals surface area contributed by atoms with Crippen LogP contribution in [0.2, 0.25) is 0 Å². The van der Waals surface area contributed by atoms with Crippen molar-refractivity contribution < 1.29 is 20.4 Å². The highest BCUT2D eigenvalue weighted by Crippen LogP contribution is 2.67. The molecule has 0 saturated heterocycles. The van der Waals surface area contributed by atoms with Gasteiger partial charge < -0.3 is 20.4 Å². The molecule has 13 aliphatic rings. The number of aromatic hydroxyl groups is 4. The van der Waals surface area contributed by atoms with Gasteiger partial charge in [0, 0.05) is 25.7 Å². The number of aryl methyl sites for hydroxylation is 1. The smallest absolute Gasteiger partial charge is 0.122 e. The van der Waals surface area contributed by atoms with E-state index in [9.17, 15) is 20.4 Å². The molecule has 12 saturated carbocycles. The Morgan fingerprint density at radius 2 is 0.594 bits per heavy atom. The molecule has 0 aromatic heterocycles. The lowest BCUT2D eigenvalue weighted by Crippen LogP contribution is -2.56. The third kappa shape index (κ3) is 6.50. The zero-order valence-corrected chi connectivity index (χ0v) is 41.0. The number of rotatable bonds is 4. The second-order valence-corrected chi connectivity index (χ2v) is 26.8. The van der Waals surface area contributed by atoms with E-state index in [-0.39, 0.29) is 27.4 Å². The number of hydrogen-bond donors (Lipinski definition) is 4. The SMILES string of the molecule is Cc1ccc(C23C[C@H]4C[C@@H](C2)CC(c2cc5c(O)c(c2)Cc2cc(C67CC8CC(CC(C8)C6)C7)cc(c2O)Cc2cccc(c2O)Cc2cc(C67CC8CC(CC(C8)C6)C7)cc(c2O)C5)(C4)C3)cc1. The molecule has 20 bridgehead atoms. The maximum atomic E-state index is 13.0. The summed E-state index contributed by atoms with van der Waals surface area (Å²) in [6.45, 7) is 2.21. The van der Waals surface area contributed by atoms with E-state index in [1.807, 2.05) is 12.1 Å². The Morgan fingerprint density at radius 3 is 0.957 bits per heavy atom. The highest BCUT2D eigenvalue weighted by atomic mass is 16.3. The molecular weight excluding hydrogens is 845 g/mol. The van der Waals surface area contributed by atoms with Crippen molar-refractivity contribution >= 4 is 0 Å². The number of phenols is 4. The van der Waals surface area contributed by atoms with Crippen LogP contribution >= 0.6 is 0 Å². The van der Waals surface area contributed by atoms with E-state index in [2.05, 4.69) is 73.7 Å². The van der Waals surface area contributed by atoms with Gasteiger partial charge in [0.15, 0.2) is 0 Å². The Morgan fingerprint density at radius 1 is 0.319 bits per heavy atom. The van der Waals surface area contributed by atoms with E-state index >= 15 is 0 Å². The molecule has 0 aliphatic heterocycles. The Kier molecular flexibility index (Phi) is 8.95. The summed E-state index contributed by atoms with van der Waals surface area (Å²) >= 11 is 0. The summed E-state index contributed by atoms with van der Waals surface area (Å²) in [4.78, 5) is 0. The van der Waals surface area contributed by atoms with Crippen molar-refractivity contribution in [2.24, 2.45) is 47.3 Å². The second kappa shape index (κ2) is 14.7. The van der Waals surface area contributed by atoms with E-state index in [0.717, 1.165) is 86.4 Å². The molecule has 356 valence electrons. The zero-order valence-electron chi connectivity index (χ0n) is 41.0. The van der Waals surface area contributed by atoms with Crippen molar-refractivity contribution in [1.82, 2.24) is 0 Å². The Labute approximate surface area is 410 Å². The highest BCUT2D eigenvalue weighted by Gasteiger charge is 2.59. The van der Waals surface area contributed by atoms with Crippen molar-refractivity contribution in [2.75, 3.05) is 0 Å². The molecule has 18 rings (SSSR count). The van der Waals surface area contributed by atoms with E-state index in [1.165, 1.54) is 137 Å². The molecule has 0 amide bonds. The highest BCUT2D eigenvalue weighted by molar-refractivity contribution is 5.59. The van der Waals surface area contributed by atoms with Crippen LogP contribution in [0, 0.1) is 54.3 Å². The Balaban J connectivity index is 0.925. The van der Waals surface area contributed by atoms with Crippen molar-refractivity contribution in [1.29, 1.82) is 0 Å². The third-order valence-electron chi connectivity index (χ3n) is 22.2. The number of benzene rings is 5. The molecule has 2 unspecified atom stereocenters. The van der Waals surface area contributed by atoms with Gasteiger partial charge in [-0.15, -0.1) is 0 Å². The summed E-state index contributed by atoms with van der Waals surface area (Å²) in [7, 11) is 0. The van der Waals surface area contributed by atoms with Gasteiger partial charge in [0.05, 0.1) is 0 Å². The maximum Gasteiger partial charge on any atom is 0.122 e. The molecule has 0 heterocycles. The molecule has 4 nitrogen and oxygen atoms in total. The zero-order chi connectivity index (χ0) is 46.2. The van der Waals surface area contributed by atoms with Crippen LogP contribution in [0.4, 0.5) is 0 Å². The van der Waals surface area contributed by atoms with Gasteiger partial charge in [-0.25, -0.2) is 0 Å². The van der Waals surface area contributed by atoms with Crippen molar-refractivity contribution in [3.8, 4) is 23.0 Å². The first-order valence-electron chi connectivity index (χ1n) is 27.8. The van der Waals surface area contributed by atoms with E-state index in [0.29, 0.717) is 54.8 Å². The summed E-state index contributed by atoms with van der Waals surface area (Å²) in [5.41, 5.74) is 14.3. The fraction of sp³-hybridized carbons (Fsp3) is 0.538. The van der Waals surface area contributed by atoms with E-state index in [4.69, 9.17) is 0 Å². The van der Waals surface area contributed by atoms with Crippen LogP contribution in [0.5, 0.6) is 23.0 Å².